The molecule has 0 saturated carbocycles. The van der Waals surface area contributed by atoms with Crippen molar-refractivity contribution >= 4 is 11.6 Å². The number of amides is 1. The minimum absolute atomic E-state index is 0.103. The SMILES string of the molecule is COCCN1C(=O)c2ccccc2NC1c1ccc(O)c(O)c1. The Hall–Kier alpha value is -2.73. The first-order valence-corrected chi connectivity index (χ1v) is 7.29. The number of anilines is 1. The third-order valence-corrected chi connectivity index (χ3v) is 3.87. The summed E-state index contributed by atoms with van der Waals surface area (Å²) in [4.78, 5) is 14.4. The van der Waals surface area contributed by atoms with E-state index in [4.69, 9.17) is 4.74 Å². The van der Waals surface area contributed by atoms with Crippen molar-refractivity contribution in [2.45, 2.75) is 6.17 Å². The smallest absolute Gasteiger partial charge is 0.257 e. The fraction of sp³-hybridized carbons (Fsp3) is 0.235. The molecule has 6 nitrogen and oxygen atoms in total. The maximum atomic E-state index is 12.8. The van der Waals surface area contributed by atoms with Crippen molar-refractivity contribution in [3.8, 4) is 11.5 Å². The monoisotopic (exact) mass is 314 g/mol. The van der Waals surface area contributed by atoms with E-state index in [-0.39, 0.29) is 17.4 Å². The van der Waals surface area contributed by atoms with Gasteiger partial charge in [0.15, 0.2) is 11.5 Å². The third kappa shape index (κ3) is 2.80. The number of benzene rings is 2. The molecule has 0 aromatic heterocycles. The number of methoxy groups -OCH3 is 1. The van der Waals surface area contributed by atoms with E-state index < -0.39 is 6.17 Å². The Morgan fingerprint density at radius 2 is 1.96 bits per heavy atom. The molecule has 6 heteroatoms. The van der Waals surface area contributed by atoms with Crippen LogP contribution >= 0.6 is 0 Å². The third-order valence-electron chi connectivity index (χ3n) is 3.87. The summed E-state index contributed by atoms with van der Waals surface area (Å²) in [5.41, 5.74) is 2.02. The van der Waals surface area contributed by atoms with Gasteiger partial charge in [0.25, 0.3) is 5.91 Å². The number of hydrogen-bond donors (Lipinski definition) is 3. The Morgan fingerprint density at radius 3 is 2.70 bits per heavy atom. The Balaban J connectivity index is 2.01. The highest BCUT2D eigenvalue weighted by molar-refractivity contribution is 6.01. The van der Waals surface area contributed by atoms with Gasteiger partial charge in [-0.15, -0.1) is 0 Å². The second-order valence-electron chi connectivity index (χ2n) is 5.33. The minimum Gasteiger partial charge on any atom is -0.504 e. The van der Waals surface area contributed by atoms with Crippen LogP contribution in [0.1, 0.15) is 22.1 Å². The number of rotatable bonds is 4. The van der Waals surface area contributed by atoms with E-state index >= 15 is 0 Å². The van der Waals surface area contributed by atoms with Gasteiger partial charge in [-0.1, -0.05) is 18.2 Å². The number of aromatic hydroxyl groups is 2. The molecule has 0 saturated heterocycles. The molecule has 0 spiro atoms. The second kappa shape index (κ2) is 6.18. The Bertz CT molecular complexity index is 732. The van der Waals surface area contributed by atoms with E-state index in [2.05, 4.69) is 5.32 Å². The Kier molecular flexibility index (Phi) is 4.08. The quantitative estimate of drug-likeness (QED) is 0.755. The number of ether oxygens (including phenoxy) is 1. The van der Waals surface area contributed by atoms with Crippen LogP contribution in [0, 0.1) is 0 Å². The van der Waals surface area contributed by atoms with Crippen LogP contribution < -0.4 is 5.32 Å². The second-order valence-corrected chi connectivity index (χ2v) is 5.33. The van der Waals surface area contributed by atoms with Crippen LogP contribution in [0.3, 0.4) is 0 Å². The lowest BCUT2D eigenvalue weighted by molar-refractivity contribution is 0.0609. The normalized spacial score (nSPS) is 16.8. The zero-order valence-corrected chi connectivity index (χ0v) is 12.7. The number of nitrogens with zero attached hydrogens (tertiary/aromatic N) is 1. The number of hydrogen-bond acceptors (Lipinski definition) is 5. The molecule has 3 rings (SSSR count). The Morgan fingerprint density at radius 1 is 1.17 bits per heavy atom. The molecule has 120 valence electrons. The van der Waals surface area contributed by atoms with Crippen LogP contribution in [0.2, 0.25) is 0 Å². The summed E-state index contributed by atoms with van der Waals surface area (Å²) < 4.78 is 5.10. The van der Waals surface area contributed by atoms with E-state index in [9.17, 15) is 15.0 Å². The van der Waals surface area contributed by atoms with Gasteiger partial charge < -0.3 is 25.2 Å². The van der Waals surface area contributed by atoms with Crippen molar-refractivity contribution in [1.29, 1.82) is 0 Å². The summed E-state index contributed by atoms with van der Waals surface area (Å²) in [5.74, 6) is -0.518. The van der Waals surface area contributed by atoms with E-state index in [1.54, 1.807) is 24.1 Å². The van der Waals surface area contributed by atoms with Crippen LogP contribution in [0.15, 0.2) is 42.5 Å². The molecule has 1 aliphatic heterocycles. The lowest BCUT2D eigenvalue weighted by Gasteiger charge is -2.38. The van der Waals surface area contributed by atoms with Crippen molar-refractivity contribution in [3.63, 3.8) is 0 Å². The van der Waals surface area contributed by atoms with Crippen molar-refractivity contribution < 1.29 is 19.7 Å². The van der Waals surface area contributed by atoms with Crippen LogP contribution in [-0.4, -0.2) is 41.3 Å². The van der Waals surface area contributed by atoms with E-state index in [1.807, 2.05) is 18.2 Å². The van der Waals surface area contributed by atoms with E-state index in [0.29, 0.717) is 24.3 Å². The number of para-hydroxylation sites is 1. The number of fused-ring (bicyclic) bond motifs is 1. The number of carbonyl (C=O) groups excluding carboxylic acids is 1. The number of nitrogens with one attached hydrogen (secondary N) is 1. The standard InChI is InChI=1S/C17H18N2O4/c1-23-9-8-19-16(11-6-7-14(20)15(21)10-11)18-13-5-3-2-4-12(13)17(19)22/h2-7,10,16,18,20-21H,8-9H2,1H3. The molecule has 0 radical (unpaired) electrons. The molecule has 23 heavy (non-hydrogen) atoms. The Labute approximate surface area is 133 Å². The first-order chi connectivity index (χ1) is 11.1. The zero-order valence-electron chi connectivity index (χ0n) is 12.7. The summed E-state index contributed by atoms with van der Waals surface area (Å²) in [7, 11) is 1.58. The fourth-order valence-electron chi connectivity index (χ4n) is 2.69. The molecule has 2 aromatic carbocycles. The number of phenolic OH excluding ortho intramolecular Hbond substituents is 2. The van der Waals surface area contributed by atoms with Crippen LogP contribution in [0.25, 0.3) is 0 Å². The molecule has 1 atom stereocenters. The topological polar surface area (TPSA) is 82.0 Å². The van der Waals surface area contributed by atoms with Gasteiger partial charge in [-0.2, -0.15) is 0 Å². The summed E-state index contributed by atoms with van der Waals surface area (Å²) in [5, 5.41) is 22.5. The summed E-state index contributed by atoms with van der Waals surface area (Å²) in [6.07, 6.45) is -0.445. The lowest BCUT2D eigenvalue weighted by atomic mass is 10.0. The summed E-state index contributed by atoms with van der Waals surface area (Å²) >= 11 is 0. The van der Waals surface area contributed by atoms with Crippen molar-refractivity contribution in [1.82, 2.24) is 4.90 Å². The van der Waals surface area contributed by atoms with Crippen LogP contribution in [0.4, 0.5) is 5.69 Å². The predicted octanol–water partition coefficient (Wildman–Crippen LogP) is 2.31. The fourth-order valence-corrected chi connectivity index (χ4v) is 2.69. The number of phenols is 2. The molecule has 0 aliphatic carbocycles. The molecule has 0 bridgehead atoms. The highest BCUT2D eigenvalue weighted by Gasteiger charge is 2.32. The highest BCUT2D eigenvalue weighted by Crippen LogP contribution is 2.35. The molecule has 1 aliphatic rings. The lowest BCUT2D eigenvalue weighted by Crippen LogP contribution is -2.44. The number of carbonyl (C=O) groups is 1. The average Bonchev–Trinajstić information content (AvgIpc) is 2.56. The summed E-state index contributed by atoms with van der Waals surface area (Å²) in [6.45, 7) is 0.805. The largest absolute Gasteiger partial charge is 0.504 e. The molecule has 2 aromatic rings. The van der Waals surface area contributed by atoms with Crippen LogP contribution in [0.5, 0.6) is 11.5 Å². The van der Waals surface area contributed by atoms with Gasteiger partial charge in [0, 0.05) is 19.3 Å². The van der Waals surface area contributed by atoms with Crippen molar-refractivity contribution in [2.75, 3.05) is 25.6 Å². The van der Waals surface area contributed by atoms with Gasteiger partial charge in [-0.05, 0) is 29.8 Å². The summed E-state index contributed by atoms with van der Waals surface area (Å²) in [6, 6.07) is 11.8. The average molecular weight is 314 g/mol. The first kappa shape index (κ1) is 15.2. The van der Waals surface area contributed by atoms with Crippen molar-refractivity contribution in [3.05, 3.63) is 53.6 Å². The molecule has 0 fully saturated rings. The van der Waals surface area contributed by atoms with Crippen LogP contribution in [-0.2, 0) is 4.74 Å². The highest BCUT2D eigenvalue weighted by atomic mass is 16.5. The maximum absolute atomic E-state index is 12.8. The molecule has 1 heterocycles. The molecule has 3 N–H and O–H groups in total. The zero-order chi connectivity index (χ0) is 16.4. The van der Waals surface area contributed by atoms with Gasteiger partial charge in [0.1, 0.15) is 6.17 Å². The molecular formula is C17H18N2O4. The predicted molar refractivity (Wildman–Crippen MR) is 85.5 cm³/mol. The molecule has 1 unspecified atom stereocenters. The van der Waals surface area contributed by atoms with Gasteiger partial charge >= 0.3 is 0 Å². The van der Waals surface area contributed by atoms with Gasteiger partial charge in [-0.25, -0.2) is 0 Å². The van der Waals surface area contributed by atoms with Gasteiger partial charge in [-0.3, -0.25) is 4.79 Å². The molecular weight excluding hydrogens is 296 g/mol. The van der Waals surface area contributed by atoms with E-state index in [1.165, 1.54) is 12.1 Å². The molecule has 1 amide bonds. The van der Waals surface area contributed by atoms with Gasteiger partial charge in [0.2, 0.25) is 0 Å². The van der Waals surface area contributed by atoms with E-state index in [0.717, 1.165) is 5.69 Å². The minimum atomic E-state index is -0.445. The van der Waals surface area contributed by atoms with Crippen molar-refractivity contribution in [2.24, 2.45) is 0 Å². The van der Waals surface area contributed by atoms with Gasteiger partial charge in [0.05, 0.1) is 12.2 Å². The first-order valence-electron chi connectivity index (χ1n) is 7.29. The maximum Gasteiger partial charge on any atom is 0.257 e.